The lowest BCUT2D eigenvalue weighted by molar-refractivity contribution is 0.850. The van der Waals surface area contributed by atoms with Crippen molar-refractivity contribution in [1.82, 2.24) is 15.0 Å². The van der Waals surface area contributed by atoms with Crippen LogP contribution in [0.1, 0.15) is 40.7 Å². The molecule has 0 atom stereocenters. The smallest absolute Gasteiger partial charge is 0.137 e. The SMILES string of the molecule is Cc1ncsc1CN(C)c1nc(C2CC2)nc(N)c1C. The maximum atomic E-state index is 6.04. The van der Waals surface area contributed by atoms with Crippen molar-refractivity contribution in [1.29, 1.82) is 0 Å². The third kappa shape index (κ3) is 2.47. The van der Waals surface area contributed by atoms with Crippen LogP contribution in [-0.4, -0.2) is 22.0 Å². The van der Waals surface area contributed by atoms with Gasteiger partial charge in [0.05, 0.1) is 17.7 Å². The first-order valence-corrected chi connectivity index (χ1v) is 7.68. The Labute approximate surface area is 122 Å². The van der Waals surface area contributed by atoms with E-state index in [1.54, 1.807) is 11.3 Å². The highest BCUT2D eigenvalue weighted by Crippen LogP contribution is 2.39. The lowest BCUT2D eigenvalue weighted by atomic mass is 10.2. The Hall–Kier alpha value is -1.69. The number of aryl methyl sites for hydroxylation is 1. The molecular weight excluding hydrogens is 270 g/mol. The number of hydrogen-bond acceptors (Lipinski definition) is 6. The van der Waals surface area contributed by atoms with Crippen molar-refractivity contribution in [3.05, 3.63) is 27.5 Å². The monoisotopic (exact) mass is 289 g/mol. The van der Waals surface area contributed by atoms with Gasteiger partial charge < -0.3 is 10.6 Å². The molecule has 0 radical (unpaired) electrons. The zero-order valence-electron chi connectivity index (χ0n) is 12.1. The summed E-state index contributed by atoms with van der Waals surface area (Å²) >= 11 is 1.68. The van der Waals surface area contributed by atoms with Crippen LogP contribution < -0.4 is 10.6 Å². The van der Waals surface area contributed by atoms with E-state index >= 15 is 0 Å². The quantitative estimate of drug-likeness (QED) is 0.937. The van der Waals surface area contributed by atoms with Crippen LogP contribution >= 0.6 is 11.3 Å². The molecule has 0 amide bonds. The molecule has 20 heavy (non-hydrogen) atoms. The first-order valence-electron chi connectivity index (χ1n) is 6.80. The minimum Gasteiger partial charge on any atom is -0.383 e. The van der Waals surface area contributed by atoms with Gasteiger partial charge in [0.2, 0.25) is 0 Å². The van der Waals surface area contributed by atoms with Gasteiger partial charge in [0, 0.05) is 23.4 Å². The van der Waals surface area contributed by atoms with Crippen LogP contribution in [0.3, 0.4) is 0 Å². The molecular formula is C14H19N5S. The zero-order chi connectivity index (χ0) is 14.3. The van der Waals surface area contributed by atoms with Crippen LogP contribution in [0.5, 0.6) is 0 Å². The summed E-state index contributed by atoms with van der Waals surface area (Å²) in [6.07, 6.45) is 2.36. The van der Waals surface area contributed by atoms with Crippen LogP contribution in [0.15, 0.2) is 5.51 Å². The molecule has 1 aliphatic carbocycles. The molecule has 0 saturated heterocycles. The van der Waals surface area contributed by atoms with Gasteiger partial charge in [0.25, 0.3) is 0 Å². The fourth-order valence-electron chi connectivity index (χ4n) is 2.20. The van der Waals surface area contributed by atoms with Gasteiger partial charge in [-0.05, 0) is 26.7 Å². The van der Waals surface area contributed by atoms with E-state index < -0.39 is 0 Å². The summed E-state index contributed by atoms with van der Waals surface area (Å²) in [5.41, 5.74) is 9.97. The average molecular weight is 289 g/mol. The summed E-state index contributed by atoms with van der Waals surface area (Å²) in [6, 6.07) is 0. The van der Waals surface area contributed by atoms with Crippen molar-refractivity contribution < 1.29 is 0 Å². The van der Waals surface area contributed by atoms with E-state index in [4.69, 9.17) is 10.7 Å². The third-order valence-electron chi connectivity index (χ3n) is 3.70. The molecule has 106 valence electrons. The van der Waals surface area contributed by atoms with E-state index in [0.717, 1.165) is 29.4 Å². The molecule has 0 unspecified atom stereocenters. The van der Waals surface area contributed by atoms with E-state index in [1.807, 2.05) is 26.4 Å². The number of nitrogen functional groups attached to an aromatic ring is 1. The van der Waals surface area contributed by atoms with Gasteiger partial charge in [0.15, 0.2) is 0 Å². The number of anilines is 2. The summed E-state index contributed by atoms with van der Waals surface area (Å²) in [4.78, 5) is 16.8. The van der Waals surface area contributed by atoms with Crippen molar-refractivity contribution in [3.63, 3.8) is 0 Å². The Morgan fingerprint density at radius 2 is 2.10 bits per heavy atom. The average Bonchev–Trinajstić information content (AvgIpc) is 3.18. The molecule has 2 N–H and O–H groups in total. The molecule has 6 heteroatoms. The number of nitrogens with zero attached hydrogens (tertiary/aromatic N) is 4. The number of aromatic nitrogens is 3. The van der Waals surface area contributed by atoms with Crippen molar-refractivity contribution in [2.45, 2.75) is 39.2 Å². The predicted octanol–water partition coefficient (Wildman–Crippen LogP) is 2.65. The van der Waals surface area contributed by atoms with Gasteiger partial charge in [-0.25, -0.2) is 15.0 Å². The Balaban J connectivity index is 1.90. The first-order chi connectivity index (χ1) is 9.56. The summed E-state index contributed by atoms with van der Waals surface area (Å²) < 4.78 is 0. The molecule has 2 heterocycles. The molecule has 0 aliphatic heterocycles. The Bertz CT molecular complexity index is 632. The van der Waals surface area contributed by atoms with Gasteiger partial charge in [0.1, 0.15) is 17.5 Å². The van der Waals surface area contributed by atoms with Gasteiger partial charge in [-0.15, -0.1) is 11.3 Å². The van der Waals surface area contributed by atoms with Gasteiger partial charge in [-0.1, -0.05) is 0 Å². The third-order valence-corrected chi connectivity index (χ3v) is 4.62. The van der Waals surface area contributed by atoms with Gasteiger partial charge in [-0.3, -0.25) is 0 Å². The van der Waals surface area contributed by atoms with Crippen LogP contribution in [0.2, 0.25) is 0 Å². The molecule has 5 nitrogen and oxygen atoms in total. The van der Waals surface area contributed by atoms with Crippen LogP contribution in [-0.2, 0) is 6.54 Å². The van der Waals surface area contributed by atoms with Crippen LogP contribution in [0.25, 0.3) is 0 Å². The normalized spacial score (nSPS) is 14.6. The number of hydrogen-bond donors (Lipinski definition) is 1. The van der Waals surface area contributed by atoms with Crippen molar-refractivity contribution in [2.24, 2.45) is 0 Å². The van der Waals surface area contributed by atoms with E-state index in [-0.39, 0.29) is 0 Å². The first kappa shape index (κ1) is 13.3. The maximum Gasteiger partial charge on any atom is 0.137 e. The lowest BCUT2D eigenvalue weighted by Crippen LogP contribution is -2.20. The molecule has 0 spiro atoms. The summed E-state index contributed by atoms with van der Waals surface area (Å²) in [5, 5.41) is 0. The van der Waals surface area contributed by atoms with Gasteiger partial charge in [-0.2, -0.15) is 0 Å². The molecule has 2 aromatic rings. The van der Waals surface area contributed by atoms with Crippen molar-refractivity contribution in [2.75, 3.05) is 17.7 Å². The second-order valence-electron chi connectivity index (χ2n) is 5.41. The van der Waals surface area contributed by atoms with Crippen LogP contribution in [0.4, 0.5) is 11.6 Å². The highest BCUT2D eigenvalue weighted by atomic mass is 32.1. The van der Waals surface area contributed by atoms with E-state index in [9.17, 15) is 0 Å². The van der Waals surface area contributed by atoms with E-state index in [2.05, 4.69) is 14.9 Å². The predicted molar refractivity (Wildman–Crippen MR) is 82.1 cm³/mol. The zero-order valence-corrected chi connectivity index (χ0v) is 12.9. The summed E-state index contributed by atoms with van der Waals surface area (Å²) in [5.74, 6) is 2.95. The lowest BCUT2D eigenvalue weighted by Gasteiger charge is -2.21. The molecule has 0 aromatic carbocycles. The van der Waals surface area contributed by atoms with Crippen LogP contribution in [0, 0.1) is 13.8 Å². The minimum absolute atomic E-state index is 0.509. The molecule has 3 rings (SSSR count). The molecule has 1 fully saturated rings. The summed E-state index contributed by atoms with van der Waals surface area (Å²) in [6.45, 7) is 4.83. The van der Waals surface area contributed by atoms with E-state index in [1.165, 1.54) is 17.7 Å². The summed E-state index contributed by atoms with van der Waals surface area (Å²) in [7, 11) is 2.05. The topological polar surface area (TPSA) is 67.9 Å². The van der Waals surface area contributed by atoms with Crippen molar-refractivity contribution in [3.8, 4) is 0 Å². The van der Waals surface area contributed by atoms with Crippen molar-refractivity contribution >= 4 is 23.0 Å². The highest BCUT2D eigenvalue weighted by molar-refractivity contribution is 7.09. The number of nitrogens with two attached hydrogens (primary N) is 1. The highest BCUT2D eigenvalue weighted by Gasteiger charge is 2.28. The Morgan fingerprint density at radius 3 is 2.70 bits per heavy atom. The second kappa shape index (κ2) is 5.01. The number of thiazole rings is 1. The fourth-order valence-corrected chi connectivity index (χ4v) is 3.03. The number of rotatable bonds is 4. The largest absolute Gasteiger partial charge is 0.383 e. The second-order valence-corrected chi connectivity index (χ2v) is 6.35. The standard InChI is InChI=1S/C14H19N5S/c1-8-12(15)17-13(10-4-5-10)18-14(8)19(3)6-11-9(2)16-7-20-11/h7,10H,4-6H2,1-3H3,(H2,15,17,18). The molecule has 2 aromatic heterocycles. The molecule has 1 saturated carbocycles. The minimum atomic E-state index is 0.509. The maximum absolute atomic E-state index is 6.04. The van der Waals surface area contributed by atoms with Gasteiger partial charge >= 0.3 is 0 Å². The molecule has 0 bridgehead atoms. The fraction of sp³-hybridized carbons (Fsp3) is 0.500. The Morgan fingerprint density at radius 1 is 1.35 bits per heavy atom. The van der Waals surface area contributed by atoms with E-state index in [0.29, 0.717) is 11.7 Å². The molecule has 1 aliphatic rings. The Kier molecular flexibility index (Phi) is 3.33.